The minimum atomic E-state index is 0.307. The lowest BCUT2D eigenvalue weighted by Gasteiger charge is -2.10. The summed E-state index contributed by atoms with van der Waals surface area (Å²) < 4.78 is 5.39. The third kappa shape index (κ3) is 3.11. The summed E-state index contributed by atoms with van der Waals surface area (Å²) in [5.74, 6) is 0.307. The maximum absolute atomic E-state index is 9.60. The zero-order valence-corrected chi connectivity index (χ0v) is 10.6. The smallest absolute Gasteiger partial charge is 0.115 e. The number of phenolic OH excluding ortho intramolecular Hbond substituents is 1. The van der Waals surface area contributed by atoms with Crippen molar-refractivity contribution in [3.8, 4) is 16.9 Å². The Morgan fingerprint density at radius 3 is 2.56 bits per heavy atom. The number of phenols is 1. The van der Waals surface area contributed by atoms with Crippen molar-refractivity contribution in [1.82, 2.24) is 0 Å². The number of hydrogen-bond acceptors (Lipinski definition) is 2. The molecular formula is C16H18O2. The van der Waals surface area contributed by atoms with E-state index >= 15 is 0 Å². The molecule has 0 heterocycles. The quantitative estimate of drug-likeness (QED) is 0.811. The standard InChI is InChI=1S/C16H18O2/c1-2-18-11-10-14-12-15(17)8-9-16(14)13-6-4-3-5-7-13/h3-9,12,17H,2,10-11H2,1H3. The Kier molecular flexibility index (Phi) is 4.37. The summed E-state index contributed by atoms with van der Waals surface area (Å²) in [6, 6.07) is 15.7. The van der Waals surface area contributed by atoms with Crippen molar-refractivity contribution in [2.24, 2.45) is 0 Å². The van der Waals surface area contributed by atoms with Crippen LogP contribution in [0.5, 0.6) is 5.75 Å². The maximum atomic E-state index is 9.60. The lowest BCUT2D eigenvalue weighted by molar-refractivity contribution is 0.151. The second-order valence-electron chi connectivity index (χ2n) is 4.15. The molecule has 2 aromatic rings. The molecule has 2 rings (SSSR count). The van der Waals surface area contributed by atoms with Crippen LogP contribution < -0.4 is 0 Å². The van der Waals surface area contributed by atoms with Crippen LogP contribution >= 0.6 is 0 Å². The average Bonchev–Trinajstić information content (AvgIpc) is 2.40. The minimum absolute atomic E-state index is 0.307. The number of benzene rings is 2. The Morgan fingerprint density at radius 2 is 1.83 bits per heavy atom. The highest BCUT2D eigenvalue weighted by atomic mass is 16.5. The molecule has 0 radical (unpaired) electrons. The predicted molar refractivity (Wildman–Crippen MR) is 73.7 cm³/mol. The Labute approximate surface area is 108 Å². The van der Waals surface area contributed by atoms with Gasteiger partial charge in [-0.2, -0.15) is 0 Å². The van der Waals surface area contributed by atoms with Crippen molar-refractivity contribution in [2.75, 3.05) is 13.2 Å². The van der Waals surface area contributed by atoms with Crippen LogP contribution in [0.15, 0.2) is 48.5 Å². The minimum Gasteiger partial charge on any atom is -0.508 e. The van der Waals surface area contributed by atoms with Gasteiger partial charge in [-0.1, -0.05) is 36.4 Å². The second kappa shape index (κ2) is 6.22. The van der Waals surface area contributed by atoms with Gasteiger partial charge >= 0.3 is 0 Å². The molecule has 94 valence electrons. The average molecular weight is 242 g/mol. The zero-order valence-electron chi connectivity index (χ0n) is 10.6. The SMILES string of the molecule is CCOCCc1cc(O)ccc1-c1ccccc1. The molecule has 0 spiro atoms. The first kappa shape index (κ1) is 12.7. The van der Waals surface area contributed by atoms with E-state index in [1.54, 1.807) is 6.07 Å². The van der Waals surface area contributed by atoms with E-state index in [1.165, 1.54) is 5.56 Å². The molecule has 0 aliphatic rings. The van der Waals surface area contributed by atoms with Crippen molar-refractivity contribution in [3.05, 3.63) is 54.1 Å². The van der Waals surface area contributed by atoms with Crippen LogP contribution in [0, 0.1) is 0 Å². The maximum Gasteiger partial charge on any atom is 0.115 e. The molecule has 2 nitrogen and oxygen atoms in total. The monoisotopic (exact) mass is 242 g/mol. The first-order chi connectivity index (χ1) is 8.81. The van der Waals surface area contributed by atoms with Crippen molar-refractivity contribution < 1.29 is 9.84 Å². The fourth-order valence-corrected chi connectivity index (χ4v) is 2.01. The number of aromatic hydroxyl groups is 1. The van der Waals surface area contributed by atoms with E-state index < -0.39 is 0 Å². The van der Waals surface area contributed by atoms with Gasteiger partial charge < -0.3 is 9.84 Å². The molecule has 0 aliphatic heterocycles. The first-order valence-corrected chi connectivity index (χ1v) is 6.26. The highest BCUT2D eigenvalue weighted by molar-refractivity contribution is 5.68. The van der Waals surface area contributed by atoms with Crippen LogP contribution in [0.25, 0.3) is 11.1 Å². The summed E-state index contributed by atoms with van der Waals surface area (Å²) in [6.07, 6.45) is 0.812. The third-order valence-corrected chi connectivity index (χ3v) is 2.89. The summed E-state index contributed by atoms with van der Waals surface area (Å²) in [5, 5.41) is 9.60. The van der Waals surface area contributed by atoms with Crippen molar-refractivity contribution in [3.63, 3.8) is 0 Å². The molecule has 0 unspecified atom stereocenters. The number of rotatable bonds is 5. The highest BCUT2D eigenvalue weighted by Crippen LogP contribution is 2.27. The molecule has 0 amide bonds. The molecule has 0 saturated heterocycles. The van der Waals surface area contributed by atoms with Gasteiger partial charge in [0.2, 0.25) is 0 Å². The Morgan fingerprint density at radius 1 is 1.06 bits per heavy atom. The van der Waals surface area contributed by atoms with Gasteiger partial charge in [-0.3, -0.25) is 0 Å². The van der Waals surface area contributed by atoms with Gasteiger partial charge in [-0.15, -0.1) is 0 Å². The summed E-state index contributed by atoms with van der Waals surface area (Å²) in [5.41, 5.74) is 3.45. The Balaban J connectivity index is 2.29. The summed E-state index contributed by atoms with van der Waals surface area (Å²) in [6.45, 7) is 3.39. The second-order valence-corrected chi connectivity index (χ2v) is 4.15. The summed E-state index contributed by atoms with van der Waals surface area (Å²) in [7, 11) is 0. The largest absolute Gasteiger partial charge is 0.508 e. The van der Waals surface area contributed by atoms with E-state index in [-0.39, 0.29) is 0 Å². The van der Waals surface area contributed by atoms with Crippen molar-refractivity contribution in [2.45, 2.75) is 13.3 Å². The van der Waals surface area contributed by atoms with Gasteiger partial charge in [0, 0.05) is 6.61 Å². The lowest BCUT2D eigenvalue weighted by atomic mass is 9.97. The highest BCUT2D eigenvalue weighted by Gasteiger charge is 2.06. The fourth-order valence-electron chi connectivity index (χ4n) is 2.01. The van der Waals surface area contributed by atoms with E-state index in [0.717, 1.165) is 24.2 Å². The van der Waals surface area contributed by atoms with Gasteiger partial charge in [0.25, 0.3) is 0 Å². The molecular weight excluding hydrogens is 224 g/mol. The van der Waals surface area contributed by atoms with E-state index in [9.17, 15) is 5.11 Å². The molecule has 0 bridgehead atoms. The molecule has 18 heavy (non-hydrogen) atoms. The molecule has 2 heteroatoms. The van der Waals surface area contributed by atoms with E-state index in [0.29, 0.717) is 12.4 Å². The van der Waals surface area contributed by atoms with Crippen molar-refractivity contribution >= 4 is 0 Å². The van der Waals surface area contributed by atoms with Crippen LogP contribution in [0.3, 0.4) is 0 Å². The Bertz CT molecular complexity index is 492. The van der Waals surface area contributed by atoms with Gasteiger partial charge in [0.1, 0.15) is 5.75 Å². The molecule has 0 atom stereocenters. The first-order valence-electron chi connectivity index (χ1n) is 6.26. The van der Waals surface area contributed by atoms with E-state index in [1.807, 2.05) is 37.3 Å². The zero-order chi connectivity index (χ0) is 12.8. The topological polar surface area (TPSA) is 29.5 Å². The number of ether oxygens (including phenoxy) is 1. The van der Waals surface area contributed by atoms with Gasteiger partial charge in [0.05, 0.1) is 6.61 Å². The summed E-state index contributed by atoms with van der Waals surface area (Å²) >= 11 is 0. The van der Waals surface area contributed by atoms with Crippen LogP contribution in [-0.4, -0.2) is 18.3 Å². The predicted octanol–water partition coefficient (Wildman–Crippen LogP) is 3.64. The van der Waals surface area contributed by atoms with Crippen LogP contribution in [0.1, 0.15) is 12.5 Å². The van der Waals surface area contributed by atoms with Gasteiger partial charge in [0.15, 0.2) is 0 Å². The molecule has 0 aliphatic carbocycles. The number of hydrogen-bond donors (Lipinski definition) is 1. The molecule has 2 aromatic carbocycles. The fraction of sp³-hybridized carbons (Fsp3) is 0.250. The van der Waals surface area contributed by atoms with Crippen LogP contribution in [-0.2, 0) is 11.2 Å². The van der Waals surface area contributed by atoms with E-state index in [4.69, 9.17) is 4.74 Å². The Hall–Kier alpha value is -1.80. The van der Waals surface area contributed by atoms with Crippen LogP contribution in [0.2, 0.25) is 0 Å². The van der Waals surface area contributed by atoms with E-state index in [2.05, 4.69) is 12.1 Å². The van der Waals surface area contributed by atoms with Crippen LogP contribution in [0.4, 0.5) is 0 Å². The van der Waals surface area contributed by atoms with Crippen molar-refractivity contribution in [1.29, 1.82) is 0 Å². The molecule has 0 fully saturated rings. The molecule has 0 aromatic heterocycles. The lowest BCUT2D eigenvalue weighted by Crippen LogP contribution is -1.99. The molecule has 0 saturated carbocycles. The summed E-state index contributed by atoms with van der Waals surface area (Å²) in [4.78, 5) is 0. The van der Waals surface area contributed by atoms with Gasteiger partial charge in [-0.25, -0.2) is 0 Å². The molecule has 1 N–H and O–H groups in total. The normalized spacial score (nSPS) is 10.5. The third-order valence-electron chi connectivity index (χ3n) is 2.89. The van der Waals surface area contributed by atoms with Gasteiger partial charge in [-0.05, 0) is 42.2 Å².